The molecule has 0 aromatic rings. The summed E-state index contributed by atoms with van der Waals surface area (Å²) in [6, 6.07) is 0. The smallest absolute Gasteiger partial charge is 0.0386 e. The van der Waals surface area contributed by atoms with Crippen LogP contribution in [-0.4, -0.2) is 17.6 Å². The largest absolute Gasteiger partial charge is 0.0985 e. The highest BCUT2D eigenvalue weighted by atomic mass is 28.3. The zero-order valence-corrected chi connectivity index (χ0v) is 12.2. The van der Waals surface area contributed by atoms with E-state index in [1.807, 2.05) is 6.08 Å². The van der Waals surface area contributed by atoms with Gasteiger partial charge >= 0.3 is 0 Å². The van der Waals surface area contributed by atoms with E-state index in [-0.39, 0.29) is 0 Å². The van der Waals surface area contributed by atoms with Crippen LogP contribution < -0.4 is 0 Å². The third-order valence-corrected chi connectivity index (χ3v) is 12.8. The second-order valence-corrected chi connectivity index (χ2v) is 12.3. The molecule has 0 spiro atoms. The Morgan fingerprint density at radius 3 is 2.14 bits per heavy atom. The summed E-state index contributed by atoms with van der Waals surface area (Å²) >= 11 is 0. The first-order valence-electron chi connectivity index (χ1n) is 5.54. The van der Waals surface area contributed by atoms with Gasteiger partial charge in [-0.25, -0.2) is 0 Å². The molecule has 0 atom stereocenters. The van der Waals surface area contributed by atoms with Gasteiger partial charge in [0.15, 0.2) is 0 Å². The van der Waals surface area contributed by atoms with Gasteiger partial charge in [-0.1, -0.05) is 57.1 Å². The molecule has 0 fully saturated rings. The van der Waals surface area contributed by atoms with Crippen molar-refractivity contribution in [2.75, 3.05) is 0 Å². The quantitative estimate of drug-likeness (QED) is 0.643. The zero-order chi connectivity index (χ0) is 10.8. The second kappa shape index (κ2) is 4.45. The van der Waals surface area contributed by atoms with Crippen molar-refractivity contribution in [1.29, 1.82) is 0 Å². The van der Waals surface area contributed by atoms with Gasteiger partial charge in [-0.15, -0.1) is 0 Å². The van der Waals surface area contributed by atoms with E-state index in [2.05, 4.69) is 51.0 Å². The topological polar surface area (TPSA) is 0 Å². The molecule has 1 aliphatic carbocycles. The molecule has 0 radical (unpaired) electrons. The monoisotopic (exact) mass is 222 g/mol. The van der Waals surface area contributed by atoms with Crippen molar-refractivity contribution in [3.8, 4) is 0 Å². The summed E-state index contributed by atoms with van der Waals surface area (Å²) in [5, 5.41) is 0. The third kappa shape index (κ3) is 2.01. The summed E-state index contributed by atoms with van der Waals surface area (Å²) in [5.74, 6) is 0. The zero-order valence-electron chi connectivity index (χ0n) is 9.88. The molecular formula is C12H22Si2. The van der Waals surface area contributed by atoms with Crippen LogP contribution in [0.5, 0.6) is 0 Å². The van der Waals surface area contributed by atoms with E-state index in [4.69, 9.17) is 0 Å². The van der Waals surface area contributed by atoms with Gasteiger partial charge in [-0.05, 0) is 16.7 Å². The lowest BCUT2D eigenvalue weighted by Crippen LogP contribution is -2.37. The molecule has 0 aromatic heterocycles. The molecule has 14 heavy (non-hydrogen) atoms. The van der Waals surface area contributed by atoms with E-state index in [1.54, 1.807) is 0 Å². The number of allylic oxidation sites excluding steroid dienone is 5. The minimum atomic E-state index is -0.588. The predicted octanol–water partition coefficient (Wildman–Crippen LogP) is 3.31. The maximum atomic E-state index is 3.82. The van der Waals surface area contributed by atoms with E-state index in [0.29, 0.717) is 4.66 Å². The number of rotatable bonds is 3. The molecule has 0 aliphatic heterocycles. The minimum Gasteiger partial charge on any atom is -0.0985 e. The Balaban J connectivity index is 2.93. The Bertz CT molecular complexity index is 264. The van der Waals surface area contributed by atoms with Crippen LogP contribution in [0.3, 0.4) is 0 Å². The molecule has 0 amide bonds. The van der Waals surface area contributed by atoms with Crippen LogP contribution in [0.1, 0.15) is 6.42 Å². The summed E-state index contributed by atoms with van der Waals surface area (Å²) in [4.78, 5) is 0. The third-order valence-electron chi connectivity index (χ3n) is 3.66. The highest BCUT2D eigenvalue weighted by Gasteiger charge is 2.35. The lowest BCUT2D eigenvalue weighted by molar-refractivity contribution is 0.882. The average Bonchev–Trinajstić information content (AvgIpc) is 2.17. The SMILES string of the molecule is C=CC1=CCC([SiH](C)C)([SiH](C)C)C=C1. The van der Waals surface area contributed by atoms with Gasteiger partial charge in [0.2, 0.25) is 0 Å². The van der Waals surface area contributed by atoms with Gasteiger partial charge in [0.25, 0.3) is 0 Å². The lowest BCUT2D eigenvalue weighted by atomic mass is 10.1. The molecular weight excluding hydrogens is 200 g/mol. The van der Waals surface area contributed by atoms with Gasteiger partial charge in [-0.3, -0.25) is 0 Å². The molecule has 0 saturated carbocycles. The van der Waals surface area contributed by atoms with Crippen molar-refractivity contribution in [2.24, 2.45) is 0 Å². The molecule has 0 nitrogen and oxygen atoms in total. The van der Waals surface area contributed by atoms with E-state index >= 15 is 0 Å². The molecule has 0 heterocycles. The fraction of sp³-hybridized carbons (Fsp3) is 0.500. The number of hydrogen-bond donors (Lipinski definition) is 0. The molecule has 0 aromatic carbocycles. The van der Waals surface area contributed by atoms with Crippen molar-refractivity contribution in [2.45, 2.75) is 37.3 Å². The van der Waals surface area contributed by atoms with Crippen LogP contribution in [0.15, 0.2) is 36.5 Å². The molecule has 0 saturated heterocycles. The molecule has 0 N–H and O–H groups in total. The van der Waals surface area contributed by atoms with Gasteiger partial charge in [0.1, 0.15) is 0 Å². The van der Waals surface area contributed by atoms with Crippen LogP contribution in [0.4, 0.5) is 0 Å². The van der Waals surface area contributed by atoms with E-state index in [9.17, 15) is 0 Å². The summed E-state index contributed by atoms with van der Waals surface area (Å²) < 4.78 is 0.631. The standard InChI is InChI=1S/C12H22Si2/c1-6-11-7-9-12(10-8-11,13(2)3)14(4)5/h6-9,13-14H,1,10H2,2-5H3. The Hall–Kier alpha value is -0.346. The average molecular weight is 222 g/mol. The van der Waals surface area contributed by atoms with Gasteiger partial charge in [0, 0.05) is 17.6 Å². The van der Waals surface area contributed by atoms with Crippen molar-refractivity contribution >= 4 is 17.6 Å². The van der Waals surface area contributed by atoms with Crippen LogP contribution in [-0.2, 0) is 0 Å². The first kappa shape index (κ1) is 11.7. The first-order valence-corrected chi connectivity index (χ1v) is 11.3. The molecule has 0 bridgehead atoms. The fourth-order valence-electron chi connectivity index (χ4n) is 2.36. The molecule has 0 unspecified atom stereocenters. The fourth-order valence-corrected chi connectivity index (χ4v) is 9.83. The van der Waals surface area contributed by atoms with Crippen molar-refractivity contribution in [1.82, 2.24) is 0 Å². The Labute approximate surface area is 91.6 Å². The van der Waals surface area contributed by atoms with E-state index < -0.39 is 17.6 Å². The lowest BCUT2D eigenvalue weighted by Gasteiger charge is -2.38. The highest BCUT2D eigenvalue weighted by Crippen LogP contribution is 2.42. The van der Waals surface area contributed by atoms with Gasteiger partial charge in [-0.2, -0.15) is 0 Å². The van der Waals surface area contributed by atoms with E-state index in [0.717, 1.165) is 0 Å². The van der Waals surface area contributed by atoms with Crippen LogP contribution in [0, 0.1) is 0 Å². The van der Waals surface area contributed by atoms with Crippen molar-refractivity contribution in [3.05, 3.63) is 36.5 Å². The van der Waals surface area contributed by atoms with Crippen LogP contribution >= 0.6 is 0 Å². The molecule has 2 heteroatoms. The molecule has 78 valence electrons. The van der Waals surface area contributed by atoms with Crippen LogP contribution in [0.2, 0.25) is 30.8 Å². The van der Waals surface area contributed by atoms with Gasteiger partial charge < -0.3 is 0 Å². The highest BCUT2D eigenvalue weighted by molar-refractivity contribution is 6.81. The number of hydrogen-bond acceptors (Lipinski definition) is 0. The normalized spacial score (nSPS) is 20.0. The Morgan fingerprint density at radius 2 is 1.86 bits per heavy atom. The second-order valence-electron chi connectivity index (χ2n) is 4.87. The van der Waals surface area contributed by atoms with Crippen molar-refractivity contribution < 1.29 is 0 Å². The van der Waals surface area contributed by atoms with Crippen LogP contribution in [0.25, 0.3) is 0 Å². The van der Waals surface area contributed by atoms with E-state index in [1.165, 1.54) is 12.0 Å². The Kier molecular flexibility index (Phi) is 3.73. The molecule has 1 aliphatic rings. The minimum absolute atomic E-state index is 0.588. The Morgan fingerprint density at radius 1 is 1.29 bits per heavy atom. The summed E-state index contributed by atoms with van der Waals surface area (Å²) in [5.41, 5.74) is 1.31. The summed E-state index contributed by atoms with van der Waals surface area (Å²) in [7, 11) is -1.18. The first-order chi connectivity index (χ1) is 6.53. The maximum Gasteiger partial charge on any atom is 0.0386 e. The molecule has 1 rings (SSSR count). The summed E-state index contributed by atoms with van der Waals surface area (Å²) in [6.07, 6.45) is 10.4. The summed E-state index contributed by atoms with van der Waals surface area (Å²) in [6.45, 7) is 13.8. The maximum absolute atomic E-state index is 3.82. The van der Waals surface area contributed by atoms with Gasteiger partial charge in [0.05, 0.1) is 0 Å². The van der Waals surface area contributed by atoms with Crippen molar-refractivity contribution in [3.63, 3.8) is 0 Å². The predicted molar refractivity (Wildman–Crippen MR) is 72.5 cm³/mol.